The fourth-order valence-electron chi connectivity index (χ4n) is 1.98. The van der Waals surface area contributed by atoms with Crippen LogP contribution in [0.5, 0.6) is 0 Å². The van der Waals surface area contributed by atoms with Crippen LogP contribution in [-0.2, 0) is 12.8 Å². The molecule has 12 heavy (non-hydrogen) atoms. The van der Waals surface area contributed by atoms with Gasteiger partial charge in [-0.1, -0.05) is 19.4 Å². The van der Waals surface area contributed by atoms with E-state index in [9.17, 15) is 0 Å². The highest BCUT2D eigenvalue weighted by Gasteiger charge is 2.12. The van der Waals surface area contributed by atoms with Crippen molar-refractivity contribution < 1.29 is 0 Å². The summed E-state index contributed by atoms with van der Waals surface area (Å²) in [6.07, 6.45) is 6.99. The summed E-state index contributed by atoms with van der Waals surface area (Å²) in [7, 11) is 0. The average molecular weight is 161 g/mol. The highest BCUT2D eigenvalue weighted by Crippen LogP contribution is 2.22. The zero-order chi connectivity index (χ0) is 8.39. The molecule has 1 unspecified atom stereocenters. The first kappa shape index (κ1) is 7.78. The Balaban J connectivity index is 2.31. The first-order valence-electron chi connectivity index (χ1n) is 4.79. The molecule has 1 aliphatic carbocycles. The van der Waals surface area contributed by atoms with Crippen molar-refractivity contribution in [2.75, 3.05) is 0 Å². The second kappa shape index (κ2) is 3.26. The molecule has 0 fully saturated rings. The summed E-state index contributed by atoms with van der Waals surface area (Å²) in [5.41, 5.74) is 2.81. The van der Waals surface area contributed by atoms with E-state index in [1.165, 1.54) is 36.9 Å². The van der Waals surface area contributed by atoms with Gasteiger partial charge in [0.2, 0.25) is 0 Å². The highest BCUT2D eigenvalue weighted by molar-refractivity contribution is 5.21. The summed E-state index contributed by atoms with van der Waals surface area (Å²) in [4.78, 5) is 4.41. The van der Waals surface area contributed by atoms with Crippen molar-refractivity contribution in [1.82, 2.24) is 4.98 Å². The first-order valence-corrected chi connectivity index (χ1v) is 4.79. The molecule has 0 saturated heterocycles. The van der Waals surface area contributed by atoms with Crippen molar-refractivity contribution in [2.45, 2.75) is 32.6 Å². The molecule has 64 valence electrons. The molecule has 1 aromatic rings. The average Bonchev–Trinajstić information content (AvgIpc) is 2.25. The molecular weight excluding hydrogens is 146 g/mol. The van der Waals surface area contributed by atoms with Crippen LogP contribution in [-0.4, -0.2) is 4.98 Å². The summed E-state index contributed by atoms with van der Waals surface area (Å²) in [6.45, 7) is 2.34. The monoisotopic (exact) mass is 161 g/mol. The molecule has 0 amide bonds. The Morgan fingerprint density at radius 1 is 1.50 bits per heavy atom. The lowest BCUT2D eigenvalue weighted by Gasteiger charge is -2.06. The minimum atomic E-state index is 0.843. The van der Waals surface area contributed by atoms with E-state index in [2.05, 4.69) is 24.0 Å². The SMILES string of the molecule is CC1CCCc2ncccc2C1. The third-order valence-corrected chi connectivity index (χ3v) is 2.66. The lowest BCUT2D eigenvalue weighted by molar-refractivity contribution is 0.526. The number of fused-ring (bicyclic) bond motifs is 1. The number of pyridine rings is 1. The molecule has 1 nitrogen and oxygen atoms in total. The number of hydrogen-bond donors (Lipinski definition) is 0. The molecule has 0 bridgehead atoms. The van der Waals surface area contributed by atoms with Gasteiger partial charge >= 0.3 is 0 Å². The van der Waals surface area contributed by atoms with E-state index in [0.717, 1.165) is 5.92 Å². The van der Waals surface area contributed by atoms with E-state index >= 15 is 0 Å². The van der Waals surface area contributed by atoms with E-state index in [4.69, 9.17) is 0 Å². The fourth-order valence-corrected chi connectivity index (χ4v) is 1.98. The Bertz CT molecular complexity index is 267. The highest BCUT2D eigenvalue weighted by atomic mass is 14.7. The predicted molar refractivity (Wildman–Crippen MR) is 50.0 cm³/mol. The molecular formula is C11H15N. The predicted octanol–water partition coefficient (Wildman–Crippen LogP) is 2.60. The van der Waals surface area contributed by atoms with Gasteiger partial charge in [0.1, 0.15) is 0 Å². The molecule has 2 rings (SSSR count). The van der Waals surface area contributed by atoms with Crippen LogP contribution >= 0.6 is 0 Å². The van der Waals surface area contributed by atoms with Gasteiger partial charge in [0.25, 0.3) is 0 Å². The van der Waals surface area contributed by atoms with Crippen LogP contribution in [0.2, 0.25) is 0 Å². The van der Waals surface area contributed by atoms with E-state index in [1.807, 2.05) is 6.20 Å². The molecule has 1 heterocycles. The van der Waals surface area contributed by atoms with E-state index in [-0.39, 0.29) is 0 Å². The lowest BCUT2D eigenvalue weighted by atomic mass is 10.0. The van der Waals surface area contributed by atoms with Gasteiger partial charge in [0.15, 0.2) is 0 Å². The molecule has 0 N–H and O–H groups in total. The number of aromatic nitrogens is 1. The third kappa shape index (κ3) is 1.50. The summed E-state index contributed by atoms with van der Waals surface area (Å²) >= 11 is 0. The number of hydrogen-bond acceptors (Lipinski definition) is 1. The molecule has 1 atom stereocenters. The van der Waals surface area contributed by atoms with Crippen LogP contribution in [0.3, 0.4) is 0 Å². The van der Waals surface area contributed by atoms with Crippen molar-refractivity contribution in [2.24, 2.45) is 5.92 Å². The van der Waals surface area contributed by atoms with Crippen LogP contribution in [0.4, 0.5) is 0 Å². The minimum absolute atomic E-state index is 0.843. The lowest BCUT2D eigenvalue weighted by Crippen LogP contribution is -1.98. The fraction of sp³-hybridized carbons (Fsp3) is 0.545. The maximum atomic E-state index is 4.41. The van der Waals surface area contributed by atoms with Crippen molar-refractivity contribution in [3.63, 3.8) is 0 Å². The van der Waals surface area contributed by atoms with Gasteiger partial charge in [-0.3, -0.25) is 4.98 Å². The maximum absolute atomic E-state index is 4.41. The van der Waals surface area contributed by atoms with Crippen LogP contribution in [0, 0.1) is 5.92 Å². The van der Waals surface area contributed by atoms with Gasteiger partial charge in [-0.2, -0.15) is 0 Å². The van der Waals surface area contributed by atoms with Gasteiger partial charge in [0.05, 0.1) is 0 Å². The van der Waals surface area contributed by atoms with Crippen LogP contribution in [0.25, 0.3) is 0 Å². The van der Waals surface area contributed by atoms with Crippen molar-refractivity contribution >= 4 is 0 Å². The summed E-state index contributed by atoms with van der Waals surface area (Å²) in [6, 6.07) is 4.28. The maximum Gasteiger partial charge on any atom is 0.0435 e. The Hall–Kier alpha value is -0.850. The Morgan fingerprint density at radius 3 is 3.33 bits per heavy atom. The Kier molecular flexibility index (Phi) is 2.11. The molecule has 0 radical (unpaired) electrons. The summed E-state index contributed by atoms with van der Waals surface area (Å²) in [5.74, 6) is 0.843. The zero-order valence-corrected chi connectivity index (χ0v) is 7.59. The molecule has 0 spiro atoms. The normalized spacial score (nSPS) is 22.9. The van der Waals surface area contributed by atoms with Gasteiger partial charge in [0, 0.05) is 11.9 Å². The largest absolute Gasteiger partial charge is 0.261 e. The molecule has 1 aromatic heterocycles. The van der Waals surface area contributed by atoms with Crippen molar-refractivity contribution in [1.29, 1.82) is 0 Å². The smallest absolute Gasteiger partial charge is 0.0435 e. The Labute approximate surface area is 73.8 Å². The number of rotatable bonds is 0. The molecule has 0 aromatic carbocycles. The molecule has 1 heteroatoms. The van der Waals surface area contributed by atoms with Crippen molar-refractivity contribution in [3.05, 3.63) is 29.6 Å². The van der Waals surface area contributed by atoms with Gasteiger partial charge < -0.3 is 0 Å². The van der Waals surface area contributed by atoms with E-state index < -0.39 is 0 Å². The standard InChI is InChI=1S/C11H15N/c1-9-4-2-6-11-10(8-9)5-3-7-12-11/h3,5,7,9H,2,4,6,8H2,1H3. The summed E-state index contributed by atoms with van der Waals surface area (Å²) in [5, 5.41) is 0. The topological polar surface area (TPSA) is 12.9 Å². The summed E-state index contributed by atoms with van der Waals surface area (Å²) < 4.78 is 0. The first-order chi connectivity index (χ1) is 5.86. The number of nitrogens with zero attached hydrogens (tertiary/aromatic N) is 1. The van der Waals surface area contributed by atoms with Gasteiger partial charge in [-0.05, 0) is 36.8 Å². The van der Waals surface area contributed by atoms with Crippen LogP contribution in [0.15, 0.2) is 18.3 Å². The third-order valence-electron chi connectivity index (χ3n) is 2.66. The van der Waals surface area contributed by atoms with Crippen LogP contribution < -0.4 is 0 Å². The second-order valence-electron chi connectivity index (χ2n) is 3.81. The molecule has 0 aliphatic heterocycles. The quantitative estimate of drug-likeness (QED) is 0.533. The van der Waals surface area contributed by atoms with Gasteiger partial charge in [-0.15, -0.1) is 0 Å². The van der Waals surface area contributed by atoms with E-state index in [0.29, 0.717) is 0 Å². The molecule has 0 saturated carbocycles. The second-order valence-corrected chi connectivity index (χ2v) is 3.81. The Morgan fingerprint density at radius 2 is 2.42 bits per heavy atom. The van der Waals surface area contributed by atoms with Crippen LogP contribution in [0.1, 0.15) is 31.0 Å². The zero-order valence-electron chi connectivity index (χ0n) is 7.59. The molecule has 1 aliphatic rings. The van der Waals surface area contributed by atoms with Gasteiger partial charge in [-0.25, -0.2) is 0 Å². The minimum Gasteiger partial charge on any atom is -0.261 e. The van der Waals surface area contributed by atoms with Crippen molar-refractivity contribution in [3.8, 4) is 0 Å². The van der Waals surface area contributed by atoms with E-state index in [1.54, 1.807) is 0 Å². The number of aryl methyl sites for hydroxylation is 1.